The van der Waals surface area contributed by atoms with E-state index in [0.717, 1.165) is 30.2 Å². The third kappa shape index (κ3) is 7.04. The summed E-state index contributed by atoms with van der Waals surface area (Å²) in [4.78, 5) is 34.6. The average molecular weight is 552 g/mol. The molecule has 2 aromatic rings. The Hall–Kier alpha value is -2.67. The van der Waals surface area contributed by atoms with Crippen molar-refractivity contribution in [2.24, 2.45) is 0 Å². The molecule has 2 saturated heterocycles. The third-order valence-corrected chi connectivity index (χ3v) is 7.77. The van der Waals surface area contributed by atoms with E-state index in [4.69, 9.17) is 9.47 Å². The number of rotatable bonds is 12. The molecule has 38 heavy (non-hydrogen) atoms. The van der Waals surface area contributed by atoms with Gasteiger partial charge in [-0.3, -0.25) is 18.9 Å². The molecule has 4 rings (SSSR count). The number of anilines is 2. The van der Waals surface area contributed by atoms with Crippen LogP contribution in [0.15, 0.2) is 23.6 Å². The Labute approximate surface area is 225 Å². The number of methoxy groups -OCH3 is 2. The molecule has 1 aromatic heterocycles. The van der Waals surface area contributed by atoms with Gasteiger partial charge in [-0.05, 0) is 37.0 Å². The van der Waals surface area contributed by atoms with Crippen LogP contribution in [-0.4, -0.2) is 93.7 Å². The molecule has 0 radical (unpaired) electrons. The summed E-state index contributed by atoms with van der Waals surface area (Å²) in [5.74, 6) is -0.851. The van der Waals surface area contributed by atoms with Crippen LogP contribution >= 0.6 is 11.3 Å². The Morgan fingerprint density at radius 2 is 2.08 bits per heavy atom. The number of thiazole rings is 1. The summed E-state index contributed by atoms with van der Waals surface area (Å²) in [6.45, 7) is 2.30. The average Bonchev–Trinajstić information content (AvgIpc) is 3.65. The second-order valence-corrected chi connectivity index (χ2v) is 10.4. The van der Waals surface area contributed by atoms with Crippen LogP contribution in [0.25, 0.3) is 0 Å². The zero-order chi connectivity index (χ0) is 27.1. The van der Waals surface area contributed by atoms with Crippen LogP contribution in [0.3, 0.4) is 0 Å². The lowest BCUT2D eigenvalue weighted by molar-refractivity contribution is 0.0952. The second kappa shape index (κ2) is 13.4. The Morgan fingerprint density at radius 3 is 2.82 bits per heavy atom. The highest BCUT2D eigenvalue weighted by Gasteiger charge is 2.32. The molecule has 0 bridgehead atoms. The molecular formula is C26H35F2N5O4S. The van der Waals surface area contributed by atoms with Crippen LogP contribution in [0.2, 0.25) is 0 Å². The number of carbonyl (C=O) groups excluding carboxylic acids is 2. The quantitative estimate of drug-likeness (QED) is 0.391. The molecular weight excluding hydrogens is 516 g/mol. The van der Waals surface area contributed by atoms with E-state index in [1.54, 1.807) is 31.7 Å². The lowest BCUT2D eigenvalue weighted by Gasteiger charge is -2.24. The number of hydrogen-bond donors (Lipinski definition) is 2. The van der Waals surface area contributed by atoms with Crippen molar-refractivity contribution in [2.45, 2.75) is 44.1 Å². The highest BCUT2D eigenvalue weighted by atomic mass is 32.1. The normalized spacial score (nSPS) is 21.7. The van der Waals surface area contributed by atoms with Gasteiger partial charge in [-0.1, -0.05) is 6.07 Å². The minimum Gasteiger partial charge on any atom is -0.383 e. The zero-order valence-corrected chi connectivity index (χ0v) is 22.6. The van der Waals surface area contributed by atoms with Crippen molar-refractivity contribution >= 4 is 34.0 Å². The maximum absolute atomic E-state index is 14.1. The summed E-state index contributed by atoms with van der Waals surface area (Å²) in [5.41, 5.74) is 1.63. The van der Waals surface area contributed by atoms with Gasteiger partial charge >= 0.3 is 0 Å². The zero-order valence-electron chi connectivity index (χ0n) is 21.8. The molecule has 3 heterocycles. The first-order chi connectivity index (χ1) is 18.4. The van der Waals surface area contributed by atoms with E-state index in [0.29, 0.717) is 31.8 Å². The molecule has 3 atom stereocenters. The molecule has 208 valence electrons. The number of hydrogen-bond acceptors (Lipinski definition) is 8. The van der Waals surface area contributed by atoms with Gasteiger partial charge in [0, 0.05) is 58.4 Å². The van der Waals surface area contributed by atoms with Gasteiger partial charge in [-0.25, -0.2) is 9.37 Å². The van der Waals surface area contributed by atoms with Crippen molar-refractivity contribution < 1.29 is 27.8 Å². The largest absolute Gasteiger partial charge is 0.383 e. The number of carbonyl (C=O) groups is 2. The molecule has 2 aliphatic heterocycles. The number of ether oxygens (including phenoxy) is 2. The Bertz CT molecular complexity index is 1100. The number of aromatic nitrogens is 1. The van der Waals surface area contributed by atoms with Gasteiger partial charge in [0.2, 0.25) is 0 Å². The SMILES string of the molecule is COC[C@H]1C[C@H](F)CN1Cc1ccc(NC(=O)c2csc(N3CC[C@H](OC)C3)n2)c(C(=O)NCCCF)c1. The van der Waals surface area contributed by atoms with Gasteiger partial charge in [0.1, 0.15) is 11.9 Å². The van der Waals surface area contributed by atoms with E-state index in [1.807, 2.05) is 11.0 Å². The molecule has 12 heteroatoms. The van der Waals surface area contributed by atoms with Crippen LogP contribution in [0, 0.1) is 0 Å². The number of alkyl halides is 2. The van der Waals surface area contributed by atoms with Gasteiger partial charge in [0.15, 0.2) is 5.13 Å². The number of amides is 2. The van der Waals surface area contributed by atoms with Crippen molar-refractivity contribution in [3.05, 3.63) is 40.4 Å². The highest BCUT2D eigenvalue weighted by Crippen LogP contribution is 2.28. The number of nitrogens with one attached hydrogen (secondary N) is 2. The summed E-state index contributed by atoms with van der Waals surface area (Å²) in [7, 11) is 3.28. The van der Waals surface area contributed by atoms with Crippen molar-refractivity contribution in [3.63, 3.8) is 0 Å². The van der Waals surface area contributed by atoms with Crippen LogP contribution in [0.1, 0.15) is 45.7 Å². The minimum atomic E-state index is -0.930. The fourth-order valence-electron chi connectivity index (χ4n) is 4.86. The number of nitrogens with zero attached hydrogens (tertiary/aromatic N) is 3. The summed E-state index contributed by atoms with van der Waals surface area (Å²) < 4.78 is 37.3. The van der Waals surface area contributed by atoms with E-state index in [2.05, 4.69) is 20.5 Å². The van der Waals surface area contributed by atoms with Crippen molar-refractivity contribution in [2.75, 3.05) is 63.9 Å². The third-order valence-electron chi connectivity index (χ3n) is 6.87. The van der Waals surface area contributed by atoms with Gasteiger partial charge in [-0.15, -0.1) is 11.3 Å². The van der Waals surface area contributed by atoms with Crippen molar-refractivity contribution in [1.29, 1.82) is 0 Å². The molecule has 2 amide bonds. The monoisotopic (exact) mass is 551 g/mol. The highest BCUT2D eigenvalue weighted by molar-refractivity contribution is 7.14. The minimum absolute atomic E-state index is 0.0511. The van der Waals surface area contributed by atoms with E-state index < -0.39 is 24.7 Å². The van der Waals surface area contributed by atoms with Crippen molar-refractivity contribution in [1.82, 2.24) is 15.2 Å². The summed E-state index contributed by atoms with van der Waals surface area (Å²) in [6.07, 6.45) is 0.716. The predicted octanol–water partition coefficient (Wildman–Crippen LogP) is 3.27. The smallest absolute Gasteiger partial charge is 0.275 e. The second-order valence-electron chi connectivity index (χ2n) is 9.61. The first-order valence-electron chi connectivity index (χ1n) is 12.8. The Morgan fingerprint density at radius 1 is 1.24 bits per heavy atom. The standard InChI is InChI=1S/C26H35F2N5O4S/c1-36-15-19-11-18(28)13-33(19)12-17-4-5-22(21(10-17)24(34)29-8-3-7-27)30-25(35)23-16-38-26(31-23)32-9-6-20(14-32)37-2/h4-5,10,16,18-20H,3,6-9,11-15H2,1-2H3,(H,29,34)(H,30,35)/t18-,19+,20-/m0/s1. The van der Waals surface area contributed by atoms with Crippen LogP contribution in [-0.2, 0) is 16.0 Å². The maximum Gasteiger partial charge on any atom is 0.275 e. The van der Waals surface area contributed by atoms with Crippen LogP contribution < -0.4 is 15.5 Å². The van der Waals surface area contributed by atoms with E-state index in [9.17, 15) is 18.4 Å². The number of benzene rings is 1. The van der Waals surface area contributed by atoms with Gasteiger partial charge < -0.3 is 25.0 Å². The fraction of sp³-hybridized carbons (Fsp3) is 0.577. The summed E-state index contributed by atoms with van der Waals surface area (Å²) in [6, 6.07) is 5.12. The van der Waals surface area contributed by atoms with Crippen LogP contribution in [0.4, 0.5) is 19.6 Å². The molecule has 0 saturated carbocycles. The molecule has 2 aliphatic rings. The summed E-state index contributed by atoms with van der Waals surface area (Å²) >= 11 is 1.38. The molecule has 9 nitrogen and oxygen atoms in total. The molecule has 1 aromatic carbocycles. The maximum atomic E-state index is 14.1. The van der Waals surface area contributed by atoms with Crippen molar-refractivity contribution in [3.8, 4) is 0 Å². The first-order valence-corrected chi connectivity index (χ1v) is 13.7. The van der Waals surface area contributed by atoms with Crippen LogP contribution in [0.5, 0.6) is 0 Å². The summed E-state index contributed by atoms with van der Waals surface area (Å²) in [5, 5.41) is 7.96. The van der Waals surface area contributed by atoms with E-state index >= 15 is 0 Å². The Balaban J connectivity index is 1.50. The molecule has 2 fully saturated rings. The lowest BCUT2D eigenvalue weighted by Crippen LogP contribution is -2.32. The van der Waals surface area contributed by atoms with E-state index in [-0.39, 0.29) is 36.4 Å². The molecule has 0 spiro atoms. The van der Waals surface area contributed by atoms with Gasteiger partial charge in [0.25, 0.3) is 11.8 Å². The number of likely N-dealkylation sites (tertiary alicyclic amines) is 1. The van der Waals surface area contributed by atoms with Gasteiger partial charge in [0.05, 0.1) is 30.6 Å². The molecule has 0 unspecified atom stereocenters. The molecule has 0 aliphatic carbocycles. The number of halogens is 2. The first kappa shape index (κ1) is 28.3. The molecule has 2 N–H and O–H groups in total. The lowest BCUT2D eigenvalue weighted by atomic mass is 10.1. The fourth-order valence-corrected chi connectivity index (χ4v) is 5.70. The Kier molecular flexibility index (Phi) is 10.0. The topological polar surface area (TPSA) is 96.0 Å². The predicted molar refractivity (Wildman–Crippen MR) is 143 cm³/mol. The van der Waals surface area contributed by atoms with E-state index in [1.165, 1.54) is 11.3 Å². The van der Waals surface area contributed by atoms with Gasteiger partial charge in [-0.2, -0.15) is 0 Å².